The Balaban J connectivity index is 1.52. The van der Waals surface area contributed by atoms with Gasteiger partial charge in [-0.2, -0.15) is 0 Å². The van der Waals surface area contributed by atoms with Crippen molar-refractivity contribution in [1.29, 1.82) is 0 Å². The number of methoxy groups -OCH3 is 1. The summed E-state index contributed by atoms with van der Waals surface area (Å²) in [5.74, 6) is -0.125. The normalized spacial score (nSPS) is 14.3. The minimum atomic E-state index is -4.11. The van der Waals surface area contributed by atoms with Gasteiger partial charge in [-0.3, -0.25) is 0 Å². The number of hydrogen-bond donors (Lipinski definition) is 0. The second-order valence-electron chi connectivity index (χ2n) is 11.3. The zero-order valence-electron chi connectivity index (χ0n) is 24.3. The third-order valence-electron chi connectivity index (χ3n) is 8.94. The molecule has 0 saturated carbocycles. The molecular formula is C37H27NO5S. The number of para-hydroxylation sites is 1. The summed E-state index contributed by atoms with van der Waals surface area (Å²) in [7, 11) is -2.78. The fourth-order valence-electron chi connectivity index (χ4n) is 6.94. The lowest BCUT2D eigenvalue weighted by atomic mass is 9.86. The number of aromatic nitrogens is 1. The van der Waals surface area contributed by atoms with Gasteiger partial charge in [-0.15, -0.1) is 0 Å². The molecule has 0 N–H and O–H groups in total. The maximum atomic E-state index is 14.5. The average Bonchev–Trinajstić information content (AvgIpc) is 3.53. The summed E-state index contributed by atoms with van der Waals surface area (Å²) in [6.45, 7) is 3.75. The van der Waals surface area contributed by atoms with Crippen LogP contribution in [0.5, 0.6) is 5.75 Å². The highest BCUT2D eigenvalue weighted by Gasteiger charge is 2.46. The second kappa shape index (κ2) is 9.18. The molecule has 0 fully saturated rings. The third-order valence-corrected chi connectivity index (χ3v) is 10.7. The molecule has 2 heterocycles. The molecule has 0 saturated heterocycles. The Kier molecular flexibility index (Phi) is 5.53. The van der Waals surface area contributed by atoms with Crippen molar-refractivity contribution < 1.29 is 22.7 Å². The molecule has 1 spiro atoms. The predicted octanol–water partition coefficient (Wildman–Crippen LogP) is 7.76. The first kappa shape index (κ1) is 26.5. The van der Waals surface area contributed by atoms with Gasteiger partial charge in [0.25, 0.3) is 10.0 Å². The molecule has 2 aliphatic rings. The first-order chi connectivity index (χ1) is 21.3. The number of hydrogen-bond acceptors (Lipinski definition) is 5. The van der Waals surface area contributed by atoms with Gasteiger partial charge in [0.1, 0.15) is 5.75 Å². The van der Waals surface area contributed by atoms with E-state index in [0.29, 0.717) is 38.7 Å². The molecule has 8 rings (SSSR count). The van der Waals surface area contributed by atoms with E-state index >= 15 is 0 Å². The van der Waals surface area contributed by atoms with Gasteiger partial charge < -0.3 is 9.47 Å². The largest absolute Gasteiger partial charge is 0.473 e. The molecular weight excluding hydrogens is 570 g/mol. The Morgan fingerprint density at radius 2 is 1.43 bits per heavy atom. The van der Waals surface area contributed by atoms with Crippen molar-refractivity contribution in [1.82, 2.24) is 3.97 Å². The van der Waals surface area contributed by atoms with Crippen molar-refractivity contribution in [2.45, 2.75) is 24.3 Å². The zero-order valence-corrected chi connectivity index (χ0v) is 25.1. The minimum Gasteiger partial charge on any atom is -0.473 e. The van der Waals surface area contributed by atoms with Gasteiger partial charge in [-0.05, 0) is 55.3 Å². The molecule has 0 atom stereocenters. The van der Waals surface area contributed by atoms with Crippen LogP contribution in [0.15, 0.2) is 108 Å². The van der Waals surface area contributed by atoms with E-state index in [9.17, 15) is 13.2 Å². The summed E-state index contributed by atoms with van der Waals surface area (Å²) in [6.07, 6.45) is 3.96. The molecule has 5 aromatic carbocycles. The minimum absolute atomic E-state index is 0.149. The van der Waals surface area contributed by atoms with E-state index in [-0.39, 0.29) is 10.5 Å². The number of ether oxygens (including phenoxy) is 2. The molecule has 44 heavy (non-hydrogen) atoms. The van der Waals surface area contributed by atoms with Crippen LogP contribution in [0.4, 0.5) is 0 Å². The van der Waals surface area contributed by atoms with Gasteiger partial charge in [0.05, 0.1) is 28.6 Å². The smallest absolute Gasteiger partial charge is 0.338 e. The van der Waals surface area contributed by atoms with Crippen LogP contribution >= 0.6 is 0 Å². The number of fused-ring (bicyclic) bond motifs is 10. The lowest BCUT2D eigenvalue weighted by Gasteiger charge is -2.35. The van der Waals surface area contributed by atoms with Crippen LogP contribution in [0.25, 0.3) is 39.0 Å². The zero-order chi connectivity index (χ0) is 30.4. The van der Waals surface area contributed by atoms with Crippen LogP contribution in [0.3, 0.4) is 0 Å². The Bertz CT molecular complexity index is 2300. The Hall–Kier alpha value is -5.14. The standard InChI is InChI=1S/C37H27NO5S/c1-22-16-18-24(19-17-22)44(40,41)38-31-15-9-6-12-27(31)33-32(36(39)42-3)23(2)35-28(34(33)38)20-21-37(43-35)29-13-7-4-10-25(29)26-11-5-8-14-30(26)37/h4-21H,1-3H3. The van der Waals surface area contributed by atoms with Gasteiger partial charge in [0.2, 0.25) is 0 Å². The lowest BCUT2D eigenvalue weighted by molar-refractivity contribution is 0.0601. The molecule has 0 amide bonds. The van der Waals surface area contributed by atoms with Gasteiger partial charge in [0.15, 0.2) is 5.60 Å². The number of aryl methyl sites for hydroxylation is 1. The van der Waals surface area contributed by atoms with Crippen LogP contribution in [-0.2, 0) is 20.4 Å². The molecule has 0 bridgehead atoms. The molecule has 1 aromatic heterocycles. The van der Waals surface area contributed by atoms with Crippen LogP contribution in [-0.4, -0.2) is 25.5 Å². The number of nitrogens with zero attached hydrogens (tertiary/aromatic N) is 1. The highest BCUT2D eigenvalue weighted by Crippen LogP contribution is 2.55. The van der Waals surface area contributed by atoms with Gasteiger partial charge in [-0.1, -0.05) is 84.4 Å². The highest BCUT2D eigenvalue weighted by molar-refractivity contribution is 7.90. The van der Waals surface area contributed by atoms with Crippen LogP contribution < -0.4 is 4.74 Å². The Morgan fingerprint density at radius 1 is 0.818 bits per heavy atom. The first-order valence-electron chi connectivity index (χ1n) is 14.4. The van der Waals surface area contributed by atoms with Crippen molar-refractivity contribution in [2.75, 3.05) is 7.11 Å². The first-order valence-corrected chi connectivity index (χ1v) is 15.8. The second-order valence-corrected chi connectivity index (χ2v) is 13.1. The van der Waals surface area contributed by atoms with Crippen LogP contribution in [0.1, 0.15) is 38.2 Å². The summed E-state index contributed by atoms with van der Waals surface area (Å²) in [4.78, 5) is 13.7. The number of esters is 1. The van der Waals surface area contributed by atoms with Crippen molar-refractivity contribution in [3.8, 4) is 16.9 Å². The fourth-order valence-corrected chi connectivity index (χ4v) is 8.48. The van der Waals surface area contributed by atoms with E-state index in [1.807, 2.05) is 62.4 Å². The number of rotatable bonds is 3. The van der Waals surface area contributed by atoms with Crippen LogP contribution in [0, 0.1) is 13.8 Å². The van der Waals surface area contributed by atoms with E-state index in [2.05, 4.69) is 24.3 Å². The summed E-state index contributed by atoms with van der Waals surface area (Å²) in [5, 5.41) is 1.14. The summed E-state index contributed by atoms with van der Waals surface area (Å²) in [6, 6.07) is 30.3. The lowest BCUT2D eigenvalue weighted by Crippen LogP contribution is -2.33. The molecule has 1 aliphatic carbocycles. The van der Waals surface area contributed by atoms with Crippen LogP contribution in [0.2, 0.25) is 0 Å². The van der Waals surface area contributed by atoms with Gasteiger partial charge in [0, 0.05) is 33.0 Å². The topological polar surface area (TPSA) is 74.6 Å². The number of carbonyl (C=O) groups is 1. The number of carbonyl (C=O) groups excluding carboxylic acids is 1. The van der Waals surface area contributed by atoms with Gasteiger partial charge in [-0.25, -0.2) is 17.2 Å². The van der Waals surface area contributed by atoms with E-state index in [4.69, 9.17) is 9.47 Å². The van der Waals surface area contributed by atoms with Crippen molar-refractivity contribution >= 4 is 43.9 Å². The SMILES string of the molecule is COC(=O)c1c(C)c2c(c3c1c1ccccc1n3S(=O)(=O)c1ccc(C)cc1)C=CC1(O2)c2ccccc2-c2ccccc21. The van der Waals surface area contributed by atoms with Gasteiger partial charge >= 0.3 is 5.97 Å². The molecule has 6 aromatic rings. The van der Waals surface area contributed by atoms with E-state index in [0.717, 1.165) is 27.8 Å². The molecule has 6 nitrogen and oxygen atoms in total. The third kappa shape index (κ3) is 3.36. The molecule has 1 aliphatic heterocycles. The summed E-state index contributed by atoms with van der Waals surface area (Å²) >= 11 is 0. The Morgan fingerprint density at radius 3 is 2.09 bits per heavy atom. The van der Waals surface area contributed by atoms with E-state index < -0.39 is 21.6 Å². The summed E-state index contributed by atoms with van der Waals surface area (Å²) < 4.78 is 42.8. The number of benzene rings is 5. The van der Waals surface area contributed by atoms with Crippen molar-refractivity contribution in [2.24, 2.45) is 0 Å². The highest BCUT2D eigenvalue weighted by atomic mass is 32.2. The molecule has 0 unspecified atom stereocenters. The Labute approximate surface area is 254 Å². The maximum Gasteiger partial charge on any atom is 0.338 e. The molecule has 216 valence electrons. The van der Waals surface area contributed by atoms with Crippen molar-refractivity contribution in [3.63, 3.8) is 0 Å². The molecule has 7 heteroatoms. The van der Waals surface area contributed by atoms with Crippen molar-refractivity contribution in [3.05, 3.63) is 137 Å². The maximum absolute atomic E-state index is 14.5. The predicted molar refractivity (Wildman–Crippen MR) is 172 cm³/mol. The summed E-state index contributed by atoms with van der Waals surface area (Å²) in [5.41, 5.74) is 6.38. The van der Waals surface area contributed by atoms with E-state index in [1.165, 1.54) is 11.1 Å². The van der Waals surface area contributed by atoms with E-state index in [1.54, 1.807) is 36.4 Å². The fraction of sp³-hybridized carbons (Fsp3) is 0.108. The quantitative estimate of drug-likeness (QED) is 0.195. The average molecular weight is 598 g/mol. The monoisotopic (exact) mass is 597 g/mol. The molecule has 0 radical (unpaired) electrons.